The molecule has 2 N–H and O–H groups in total. The molecule has 1 aromatic carbocycles. The minimum Gasteiger partial charge on any atom is -0.369 e. The Morgan fingerprint density at radius 3 is 2.26 bits per heavy atom. The molecule has 0 aromatic heterocycles. The molecule has 3 saturated carbocycles. The van der Waals surface area contributed by atoms with Gasteiger partial charge in [0.05, 0.1) is 0 Å². The number of anilines is 1. The van der Waals surface area contributed by atoms with Gasteiger partial charge in [-0.3, -0.25) is 9.69 Å². The number of hydrogen-bond acceptors (Lipinski definition) is 3. The van der Waals surface area contributed by atoms with Gasteiger partial charge in [-0.1, -0.05) is 38.3 Å². The zero-order valence-corrected chi connectivity index (χ0v) is 19.7. The standard InChI is InChI=1S/C27H39N3O/c1-4-26-17-27(18-26,19-26)23-15-25(2,3)10-9-21(23)16-29-11-13-30(14-12-29)22-7-5-20(6-8-22)24(28)31/h5-8H,4,9-19H2,1-3H3,(H2,28,31). The molecule has 4 fully saturated rings. The predicted molar refractivity (Wildman–Crippen MR) is 127 cm³/mol. The topological polar surface area (TPSA) is 49.6 Å². The van der Waals surface area contributed by atoms with Crippen LogP contribution >= 0.6 is 0 Å². The number of carbonyl (C=O) groups excluding carboxylic acids is 1. The molecule has 0 unspecified atom stereocenters. The smallest absolute Gasteiger partial charge is 0.248 e. The highest BCUT2D eigenvalue weighted by molar-refractivity contribution is 5.93. The van der Waals surface area contributed by atoms with Crippen LogP contribution < -0.4 is 10.6 Å². The van der Waals surface area contributed by atoms with E-state index >= 15 is 0 Å². The summed E-state index contributed by atoms with van der Waals surface area (Å²) < 4.78 is 0. The number of carbonyl (C=O) groups is 1. The van der Waals surface area contributed by atoms with Gasteiger partial charge in [-0.05, 0) is 79.0 Å². The van der Waals surface area contributed by atoms with Crippen molar-refractivity contribution < 1.29 is 4.79 Å². The number of benzene rings is 1. The molecule has 168 valence electrons. The van der Waals surface area contributed by atoms with Crippen molar-refractivity contribution in [2.75, 3.05) is 37.6 Å². The molecule has 1 aromatic rings. The van der Waals surface area contributed by atoms with E-state index in [1.54, 1.807) is 5.57 Å². The van der Waals surface area contributed by atoms with E-state index in [-0.39, 0.29) is 5.91 Å². The van der Waals surface area contributed by atoms with Crippen LogP contribution in [0.5, 0.6) is 0 Å². The lowest BCUT2D eigenvalue weighted by molar-refractivity contribution is -0.182. The van der Waals surface area contributed by atoms with Crippen LogP contribution in [0, 0.1) is 16.2 Å². The quantitative estimate of drug-likeness (QED) is 0.658. The van der Waals surface area contributed by atoms with E-state index in [9.17, 15) is 4.79 Å². The number of primary amides is 1. The van der Waals surface area contributed by atoms with Crippen LogP contribution in [0.2, 0.25) is 0 Å². The fourth-order valence-corrected chi connectivity index (χ4v) is 7.03. The first-order valence-corrected chi connectivity index (χ1v) is 12.3. The van der Waals surface area contributed by atoms with Crippen LogP contribution in [0.3, 0.4) is 0 Å². The lowest BCUT2D eigenvalue weighted by Crippen LogP contribution is -2.63. The molecular weight excluding hydrogens is 382 g/mol. The Labute approximate surface area is 187 Å². The van der Waals surface area contributed by atoms with Crippen molar-refractivity contribution in [1.82, 2.24) is 4.90 Å². The highest BCUT2D eigenvalue weighted by atomic mass is 16.1. The van der Waals surface area contributed by atoms with Gasteiger partial charge < -0.3 is 10.6 Å². The van der Waals surface area contributed by atoms with Crippen LogP contribution in [0.15, 0.2) is 35.4 Å². The summed E-state index contributed by atoms with van der Waals surface area (Å²) in [5.74, 6) is -0.357. The fraction of sp³-hybridized carbons (Fsp3) is 0.667. The predicted octanol–water partition coefficient (Wildman–Crippen LogP) is 4.99. The maximum Gasteiger partial charge on any atom is 0.248 e. The molecule has 4 aliphatic carbocycles. The summed E-state index contributed by atoms with van der Waals surface area (Å²) >= 11 is 0. The number of allylic oxidation sites excluding steroid dienone is 1. The van der Waals surface area contributed by atoms with E-state index < -0.39 is 0 Å². The third-order valence-corrected chi connectivity index (χ3v) is 9.02. The van der Waals surface area contributed by atoms with Crippen molar-refractivity contribution in [2.24, 2.45) is 22.0 Å². The van der Waals surface area contributed by atoms with E-state index in [1.807, 2.05) is 29.8 Å². The second kappa shape index (κ2) is 7.37. The average molecular weight is 422 g/mol. The maximum absolute atomic E-state index is 11.3. The van der Waals surface area contributed by atoms with Gasteiger partial charge in [0.1, 0.15) is 0 Å². The summed E-state index contributed by atoms with van der Waals surface area (Å²) in [4.78, 5) is 16.4. The van der Waals surface area contributed by atoms with Crippen LogP contribution in [-0.4, -0.2) is 43.5 Å². The lowest BCUT2D eigenvalue weighted by atomic mass is 9.31. The SMILES string of the molecule is CCC12CC(C3=C(CN4CCN(c5ccc(C(N)=O)cc5)CC4)CCC(C)(C)C3)(C1)C2. The number of nitrogens with two attached hydrogens (primary N) is 1. The average Bonchev–Trinajstić information content (AvgIpc) is 2.69. The molecule has 1 amide bonds. The summed E-state index contributed by atoms with van der Waals surface area (Å²) in [6.45, 7) is 12.9. The normalized spacial score (nSPS) is 32.4. The first kappa shape index (κ1) is 21.1. The number of amides is 1. The molecule has 1 heterocycles. The molecule has 6 rings (SSSR count). The second-order valence-corrected chi connectivity index (χ2v) is 11.8. The van der Waals surface area contributed by atoms with Crippen LogP contribution in [0.4, 0.5) is 5.69 Å². The Kier molecular flexibility index (Phi) is 5.00. The van der Waals surface area contributed by atoms with Gasteiger partial charge in [-0.15, -0.1) is 0 Å². The van der Waals surface area contributed by atoms with Gasteiger partial charge in [0.25, 0.3) is 0 Å². The lowest BCUT2D eigenvalue weighted by Gasteiger charge is -2.73. The zero-order valence-electron chi connectivity index (χ0n) is 19.7. The van der Waals surface area contributed by atoms with E-state index in [0.29, 0.717) is 16.4 Å². The minimum atomic E-state index is -0.357. The largest absolute Gasteiger partial charge is 0.369 e. The van der Waals surface area contributed by atoms with Crippen molar-refractivity contribution in [3.05, 3.63) is 41.0 Å². The third-order valence-electron chi connectivity index (χ3n) is 9.02. The summed E-state index contributed by atoms with van der Waals surface area (Å²) in [7, 11) is 0. The monoisotopic (exact) mass is 421 g/mol. The van der Waals surface area contributed by atoms with Crippen molar-refractivity contribution in [3.8, 4) is 0 Å². The first-order chi connectivity index (χ1) is 14.7. The molecule has 31 heavy (non-hydrogen) atoms. The third kappa shape index (κ3) is 3.71. The van der Waals surface area contributed by atoms with Crippen LogP contribution in [-0.2, 0) is 0 Å². The summed E-state index contributed by atoms with van der Waals surface area (Å²) in [6, 6.07) is 7.76. The Morgan fingerprint density at radius 1 is 1.03 bits per heavy atom. The van der Waals surface area contributed by atoms with E-state index in [1.165, 1.54) is 57.2 Å². The van der Waals surface area contributed by atoms with Gasteiger partial charge in [0.2, 0.25) is 5.91 Å². The van der Waals surface area contributed by atoms with Crippen molar-refractivity contribution in [3.63, 3.8) is 0 Å². The molecule has 0 radical (unpaired) electrons. The van der Waals surface area contributed by atoms with Crippen molar-refractivity contribution in [2.45, 2.75) is 65.7 Å². The van der Waals surface area contributed by atoms with Gasteiger partial charge >= 0.3 is 0 Å². The Bertz CT molecular complexity index is 870. The summed E-state index contributed by atoms with van der Waals surface area (Å²) in [6.07, 6.45) is 9.77. The van der Waals surface area contributed by atoms with Crippen LogP contribution in [0.25, 0.3) is 0 Å². The molecular formula is C27H39N3O. The van der Waals surface area contributed by atoms with E-state index in [4.69, 9.17) is 5.73 Å². The molecule has 4 nitrogen and oxygen atoms in total. The van der Waals surface area contributed by atoms with E-state index in [2.05, 4.69) is 30.6 Å². The molecule has 5 aliphatic rings. The number of piperazine rings is 1. The molecule has 4 heteroatoms. The van der Waals surface area contributed by atoms with E-state index in [0.717, 1.165) is 31.6 Å². The van der Waals surface area contributed by atoms with Crippen molar-refractivity contribution in [1.29, 1.82) is 0 Å². The summed E-state index contributed by atoms with van der Waals surface area (Å²) in [5.41, 5.74) is 12.6. The molecule has 1 saturated heterocycles. The molecule has 1 aliphatic heterocycles. The summed E-state index contributed by atoms with van der Waals surface area (Å²) in [5, 5.41) is 0. The van der Waals surface area contributed by atoms with Gasteiger partial charge in [-0.25, -0.2) is 0 Å². The highest BCUT2D eigenvalue weighted by Gasteiger charge is 2.68. The van der Waals surface area contributed by atoms with Gasteiger partial charge in [0, 0.05) is 44.0 Å². The Hall–Kier alpha value is -1.81. The molecule has 0 atom stereocenters. The molecule has 2 bridgehead atoms. The van der Waals surface area contributed by atoms with Crippen LogP contribution in [0.1, 0.15) is 76.1 Å². The minimum absolute atomic E-state index is 0.357. The maximum atomic E-state index is 11.3. The number of nitrogens with zero attached hydrogens (tertiary/aromatic N) is 2. The highest BCUT2D eigenvalue weighted by Crippen LogP contribution is 2.79. The zero-order chi connectivity index (χ0) is 21.9. The Balaban J connectivity index is 1.24. The number of hydrogen-bond donors (Lipinski definition) is 1. The van der Waals surface area contributed by atoms with Gasteiger partial charge in [-0.2, -0.15) is 0 Å². The fourth-order valence-electron chi connectivity index (χ4n) is 7.03. The first-order valence-electron chi connectivity index (χ1n) is 12.3. The van der Waals surface area contributed by atoms with Gasteiger partial charge in [0.15, 0.2) is 0 Å². The van der Waals surface area contributed by atoms with Crippen molar-refractivity contribution >= 4 is 11.6 Å². The Morgan fingerprint density at radius 2 is 1.68 bits per heavy atom. The number of rotatable bonds is 6. The molecule has 0 spiro atoms. The second-order valence-electron chi connectivity index (χ2n) is 11.8.